The zero-order valence-corrected chi connectivity index (χ0v) is 24.5. The average molecular weight is 584 g/mol. The highest BCUT2D eigenvalue weighted by Gasteiger charge is 2.35. The number of carbonyl (C=O) groups is 1. The first-order valence-electron chi connectivity index (χ1n) is 14.4. The van der Waals surface area contributed by atoms with E-state index in [1.807, 2.05) is 36.4 Å². The molecule has 1 saturated heterocycles. The molecule has 1 fully saturated rings. The van der Waals surface area contributed by atoms with Crippen LogP contribution >= 0.6 is 0 Å². The normalized spacial score (nSPS) is 15.2. The molecule has 0 spiro atoms. The summed E-state index contributed by atoms with van der Waals surface area (Å²) in [6, 6.07) is 17.0. The molecule has 1 aliphatic rings. The van der Waals surface area contributed by atoms with Crippen molar-refractivity contribution >= 4 is 27.7 Å². The van der Waals surface area contributed by atoms with Crippen molar-refractivity contribution in [3.05, 3.63) is 101 Å². The van der Waals surface area contributed by atoms with Crippen LogP contribution in [0.5, 0.6) is 11.6 Å². The summed E-state index contributed by atoms with van der Waals surface area (Å²) in [7, 11) is 2.09. The average Bonchev–Trinajstić information content (AvgIpc) is 3.36. The number of halogens is 1. The maximum absolute atomic E-state index is 13.4. The molecule has 0 bridgehead atoms. The minimum Gasteiger partial charge on any atom is -0.507 e. The minimum absolute atomic E-state index is 0.0870. The van der Waals surface area contributed by atoms with Crippen LogP contribution in [-0.2, 0) is 11.3 Å². The molecule has 1 N–H and O–H groups in total. The maximum Gasteiger partial charge on any atom is 0.342 e. The van der Waals surface area contributed by atoms with Crippen LogP contribution in [0.3, 0.4) is 0 Å². The standard InChI is InChI=1S/C34H34FN3O5/c1-4-41-34(40)28-21(2)43-33-26-8-6-5-7-25(26)32(39)30(29(28)33)31(38-17-15-37(3)16-18-38)23-13-14-36-27(19-23)42-20-22-9-11-24(35)12-10-22/h5-14,19,31,39H,4,15-18,20H2,1-3H3. The number of likely N-dealkylation sites (N-methyl/N-ethyl adjacent to an activating group) is 1. The Balaban J connectivity index is 1.54. The van der Waals surface area contributed by atoms with Gasteiger partial charge in [-0.3, -0.25) is 4.90 Å². The van der Waals surface area contributed by atoms with Gasteiger partial charge in [0.15, 0.2) is 0 Å². The molecule has 6 rings (SSSR count). The lowest BCUT2D eigenvalue weighted by Crippen LogP contribution is -2.46. The summed E-state index contributed by atoms with van der Waals surface area (Å²) < 4.78 is 31.2. The Labute approximate surface area is 249 Å². The van der Waals surface area contributed by atoms with Crippen molar-refractivity contribution in [2.45, 2.75) is 26.5 Å². The lowest BCUT2D eigenvalue weighted by Gasteiger charge is -2.39. The van der Waals surface area contributed by atoms with Crippen molar-refractivity contribution in [3.63, 3.8) is 0 Å². The van der Waals surface area contributed by atoms with Crippen molar-refractivity contribution in [2.24, 2.45) is 0 Å². The molecule has 0 amide bonds. The van der Waals surface area contributed by atoms with Crippen molar-refractivity contribution in [2.75, 3.05) is 39.8 Å². The second kappa shape index (κ2) is 12.0. The first-order valence-corrected chi connectivity index (χ1v) is 14.4. The van der Waals surface area contributed by atoms with E-state index in [0.29, 0.717) is 44.5 Å². The van der Waals surface area contributed by atoms with Crippen LogP contribution in [0.2, 0.25) is 0 Å². The van der Waals surface area contributed by atoms with Gasteiger partial charge >= 0.3 is 5.97 Å². The van der Waals surface area contributed by atoms with Gasteiger partial charge in [-0.1, -0.05) is 36.4 Å². The molecule has 43 heavy (non-hydrogen) atoms. The van der Waals surface area contributed by atoms with Gasteiger partial charge in [0.05, 0.1) is 12.6 Å². The van der Waals surface area contributed by atoms with Crippen molar-refractivity contribution in [3.8, 4) is 11.6 Å². The topological polar surface area (TPSA) is 88.3 Å². The molecular formula is C34H34FN3O5. The number of nitrogens with zero attached hydrogens (tertiary/aromatic N) is 3. The Morgan fingerprint density at radius 1 is 1.07 bits per heavy atom. The van der Waals surface area contributed by atoms with Crippen molar-refractivity contribution in [1.82, 2.24) is 14.8 Å². The van der Waals surface area contributed by atoms with Crippen molar-refractivity contribution < 1.29 is 28.2 Å². The van der Waals surface area contributed by atoms with E-state index in [9.17, 15) is 14.3 Å². The third kappa shape index (κ3) is 5.53. The van der Waals surface area contributed by atoms with Gasteiger partial charge in [0, 0.05) is 60.2 Å². The Morgan fingerprint density at radius 2 is 1.79 bits per heavy atom. The predicted molar refractivity (Wildman–Crippen MR) is 162 cm³/mol. The van der Waals surface area contributed by atoms with Gasteiger partial charge in [-0.15, -0.1) is 0 Å². The molecular weight excluding hydrogens is 549 g/mol. The maximum atomic E-state index is 13.4. The number of carbonyl (C=O) groups excluding carboxylic acids is 1. The quantitative estimate of drug-likeness (QED) is 0.215. The number of aromatic nitrogens is 1. The summed E-state index contributed by atoms with van der Waals surface area (Å²) in [4.78, 5) is 22.4. The number of fused-ring (bicyclic) bond motifs is 3. The molecule has 0 aliphatic carbocycles. The number of aromatic hydroxyl groups is 1. The van der Waals surface area contributed by atoms with Gasteiger partial charge in [0.25, 0.3) is 0 Å². The number of rotatable bonds is 8. The van der Waals surface area contributed by atoms with Crippen LogP contribution in [0.4, 0.5) is 4.39 Å². The SMILES string of the molecule is CCOC(=O)c1c(C)oc2c1c(C(c1ccnc(OCc3ccc(F)cc3)c1)N1CCN(C)CC1)c(O)c1ccccc12. The van der Waals surface area contributed by atoms with E-state index < -0.39 is 12.0 Å². The van der Waals surface area contributed by atoms with Gasteiger partial charge in [-0.2, -0.15) is 0 Å². The van der Waals surface area contributed by atoms with Gasteiger partial charge in [0.2, 0.25) is 5.88 Å². The summed E-state index contributed by atoms with van der Waals surface area (Å²) in [6.45, 7) is 7.07. The number of phenolic OH excluding ortho intramolecular Hbond substituents is 1. The van der Waals surface area contributed by atoms with E-state index in [0.717, 1.165) is 37.3 Å². The van der Waals surface area contributed by atoms with Gasteiger partial charge in [-0.05, 0) is 50.2 Å². The van der Waals surface area contributed by atoms with Gasteiger partial charge < -0.3 is 23.9 Å². The highest BCUT2D eigenvalue weighted by Crippen LogP contribution is 2.47. The second-order valence-corrected chi connectivity index (χ2v) is 10.9. The fraction of sp³-hybridized carbons (Fsp3) is 0.294. The molecule has 222 valence electrons. The summed E-state index contributed by atoms with van der Waals surface area (Å²) in [5.41, 5.74) is 3.08. The van der Waals surface area contributed by atoms with E-state index in [4.69, 9.17) is 13.9 Å². The fourth-order valence-corrected chi connectivity index (χ4v) is 5.91. The summed E-state index contributed by atoms with van der Waals surface area (Å²) in [6.07, 6.45) is 1.68. The molecule has 5 aromatic rings. The zero-order valence-electron chi connectivity index (χ0n) is 24.5. The Bertz CT molecular complexity index is 1780. The minimum atomic E-state index is -0.496. The van der Waals surface area contributed by atoms with E-state index in [1.54, 1.807) is 32.2 Å². The smallest absolute Gasteiger partial charge is 0.342 e. The third-order valence-electron chi connectivity index (χ3n) is 8.07. The molecule has 1 aliphatic heterocycles. The number of benzene rings is 3. The number of ether oxygens (including phenoxy) is 2. The molecule has 9 heteroatoms. The molecule has 3 heterocycles. The number of pyridine rings is 1. The van der Waals surface area contributed by atoms with Crippen LogP contribution in [-0.4, -0.2) is 65.7 Å². The van der Waals surface area contributed by atoms with Crippen LogP contribution < -0.4 is 4.74 Å². The molecule has 1 atom stereocenters. The van der Waals surface area contributed by atoms with Crippen LogP contribution in [0.25, 0.3) is 21.7 Å². The van der Waals surface area contributed by atoms with E-state index >= 15 is 0 Å². The number of furan rings is 1. The van der Waals surface area contributed by atoms with Gasteiger partial charge in [-0.25, -0.2) is 14.2 Å². The monoisotopic (exact) mass is 583 g/mol. The number of phenols is 1. The van der Waals surface area contributed by atoms with E-state index in [2.05, 4.69) is 21.8 Å². The number of hydrogen-bond acceptors (Lipinski definition) is 8. The Morgan fingerprint density at radius 3 is 2.51 bits per heavy atom. The predicted octanol–water partition coefficient (Wildman–Crippen LogP) is 6.23. The van der Waals surface area contributed by atoms with E-state index in [-0.39, 0.29) is 24.8 Å². The fourth-order valence-electron chi connectivity index (χ4n) is 5.91. The second-order valence-electron chi connectivity index (χ2n) is 10.9. The number of aryl methyl sites for hydroxylation is 1. The van der Waals surface area contributed by atoms with Crippen LogP contribution in [0.15, 0.2) is 71.3 Å². The first-order chi connectivity index (χ1) is 20.9. The Hall–Kier alpha value is -4.47. The molecule has 0 radical (unpaired) electrons. The molecule has 1 unspecified atom stereocenters. The van der Waals surface area contributed by atoms with Crippen LogP contribution in [0, 0.1) is 12.7 Å². The molecule has 8 nitrogen and oxygen atoms in total. The number of esters is 1. The largest absolute Gasteiger partial charge is 0.507 e. The van der Waals surface area contributed by atoms with Crippen LogP contribution in [0.1, 0.15) is 45.8 Å². The summed E-state index contributed by atoms with van der Waals surface area (Å²) in [5, 5.41) is 13.9. The lowest BCUT2D eigenvalue weighted by atomic mass is 9.89. The first kappa shape index (κ1) is 28.6. The molecule has 2 aromatic heterocycles. The summed E-state index contributed by atoms with van der Waals surface area (Å²) in [5.74, 6) is 0.109. The molecule has 0 saturated carbocycles. The number of hydrogen-bond donors (Lipinski definition) is 1. The zero-order chi connectivity index (χ0) is 30.1. The Kier molecular flexibility index (Phi) is 8.01. The van der Waals surface area contributed by atoms with Crippen molar-refractivity contribution in [1.29, 1.82) is 0 Å². The van der Waals surface area contributed by atoms with E-state index in [1.165, 1.54) is 12.1 Å². The van der Waals surface area contributed by atoms with Gasteiger partial charge in [0.1, 0.15) is 35.1 Å². The molecule has 3 aromatic carbocycles. The third-order valence-corrected chi connectivity index (χ3v) is 8.07. The highest BCUT2D eigenvalue weighted by molar-refractivity contribution is 6.16. The number of piperazine rings is 1. The lowest BCUT2D eigenvalue weighted by molar-refractivity contribution is 0.0526. The summed E-state index contributed by atoms with van der Waals surface area (Å²) >= 11 is 0. The highest BCUT2D eigenvalue weighted by atomic mass is 19.1.